The van der Waals surface area contributed by atoms with E-state index in [1.807, 2.05) is 18.2 Å². The maximum Gasteiger partial charge on any atom is 0.325 e. The number of anilines is 1. The molecule has 1 heterocycles. The largest absolute Gasteiger partial charge is 0.325 e. The molecule has 0 atom stereocenters. The van der Waals surface area contributed by atoms with E-state index >= 15 is 0 Å². The zero-order valence-electron chi connectivity index (χ0n) is 15.7. The Bertz CT molecular complexity index is 721. The Balaban J connectivity index is 1.65. The van der Waals surface area contributed by atoms with Gasteiger partial charge in [-0.05, 0) is 55.2 Å². The molecule has 1 aromatic carbocycles. The van der Waals surface area contributed by atoms with E-state index in [0.717, 1.165) is 23.3 Å². The maximum absolute atomic E-state index is 12.8. The van der Waals surface area contributed by atoms with Gasteiger partial charge >= 0.3 is 6.03 Å². The smallest absolute Gasteiger partial charge is 0.325 e. The molecule has 0 unspecified atom stereocenters. The highest BCUT2D eigenvalue weighted by Crippen LogP contribution is 2.36. The normalized spacial score (nSPS) is 25.7. The summed E-state index contributed by atoms with van der Waals surface area (Å²) in [7, 11) is 0. The molecule has 1 aliphatic carbocycles. The monoisotopic (exact) mass is 357 g/mol. The van der Waals surface area contributed by atoms with Crippen LogP contribution in [0.1, 0.15) is 57.9 Å². The molecular formula is C20H27N3O3. The Morgan fingerprint density at radius 3 is 2.65 bits per heavy atom. The average Bonchev–Trinajstić information content (AvgIpc) is 2.82. The summed E-state index contributed by atoms with van der Waals surface area (Å²) < 4.78 is 0. The van der Waals surface area contributed by atoms with Crippen LogP contribution in [-0.4, -0.2) is 34.8 Å². The Kier molecular flexibility index (Phi) is 5.03. The molecule has 2 N–H and O–H groups in total. The zero-order valence-corrected chi connectivity index (χ0v) is 15.7. The summed E-state index contributed by atoms with van der Waals surface area (Å²) in [5.41, 5.74) is 0.990. The van der Waals surface area contributed by atoms with Crippen LogP contribution < -0.4 is 10.6 Å². The van der Waals surface area contributed by atoms with Crippen molar-refractivity contribution in [1.82, 2.24) is 10.2 Å². The van der Waals surface area contributed by atoms with Crippen molar-refractivity contribution in [2.75, 3.05) is 11.9 Å². The molecule has 1 aromatic rings. The van der Waals surface area contributed by atoms with Gasteiger partial charge in [0.2, 0.25) is 5.91 Å². The van der Waals surface area contributed by atoms with Gasteiger partial charge in [0, 0.05) is 5.69 Å². The lowest BCUT2D eigenvalue weighted by molar-refractivity contribution is -0.135. The fraction of sp³-hybridized carbons (Fsp3) is 0.550. The third-order valence-corrected chi connectivity index (χ3v) is 5.51. The molecule has 1 saturated carbocycles. The van der Waals surface area contributed by atoms with Gasteiger partial charge in [0.25, 0.3) is 5.91 Å². The topological polar surface area (TPSA) is 78.5 Å². The first-order valence-electron chi connectivity index (χ1n) is 9.35. The van der Waals surface area contributed by atoms with E-state index in [4.69, 9.17) is 0 Å². The van der Waals surface area contributed by atoms with Crippen LogP contribution in [0.5, 0.6) is 0 Å². The maximum atomic E-state index is 12.8. The number of nitrogens with one attached hydrogen (secondary N) is 2. The fourth-order valence-electron chi connectivity index (χ4n) is 3.73. The number of benzene rings is 1. The second-order valence-electron chi connectivity index (χ2n) is 7.91. The molecule has 2 fully saturated rings. The highest BCUT2D eigenvalue weighted by Gasteiger charge is 2.52. The van der Waals surface area contributed by atoms with Gasteiger partial charge in [-0.2, -0.15) is 0 Å². The number of imide groups is 1. The molecule has 1 spiro atoms. The molecule has 1 aliphatic heterocycles. The molecule has 6 heteroatoms. The van der Waals surface area contributed by atoms with Crippen molar-refractivity contribution in [3.8, 4) is 0 Å². The predicted octanol–water partition coefficient (Wildman–Crippen LogP) is 3.25. The highest BCUT2D eigenvalue weighted by atomic mass is 16.2. The van der Waals surface area contributed by atoms with E-state index in [1.54, 1.807) is 6.07 Å². The molecule has 140 valence electrons. The highest BCUT2D eigenvalue weighted by molar-refractivity contribution is 6.10. The minimum Gasteiger partial charge on any atom is -0.325 e. The van der Waals surface area contributed by atoms with E-state index in [9.17, 15) is 14.4 Å². The Morgan fingerprint density at radius 1 is 1.31 bits per heavy atom. The first-order chi connectivity index (χ1) is 12.3. The van der Waals surface area contributed by atoms with Crippen molar-refractivity contribution in [3.63, 3.8) is 0 Å². The third-order valence-electron chi connectivity index (χ3n) is 5.51. The van der Waals surface area contributed by atoms with Crippen LogP contribution in [0.3, 0.4) is 0 Å². The van der Waals surface area contributed by atoms with E-state index in [1.165, 1.54) is 0 Å². The Labute approximate surface area is 154 Å². The van der Waals surface area contributed by atoms with Crippen LogP contribution in [0.15, 0.2) is 24.3 Å². The van der Waals surface area contributed by atoms with E-state index < -0.39 is 11.6 Å². The SMILES string of the molecule is CC1CCC2(CC1)NC(=O)N(CC(=O)Nc1cccc(C(C)C)c1)C2=O. The second kappa shape index (κ2) is 7.09. The molecule has 0 radical (unpaired) electrons. The first kappa shape index (κ1) is 18.4. The van der Waals surface area contributed by atoms with Gasteiger partial charge < -0.3 is 10.6 Å². The summed E-state index contributed by atoms with van der Waals surface area (Å²) in [4.78, 5) is 38.5. The summed E-state index contributed by atoms with van der Waals surface area (Å²) in [5, 5.41) is 5.63. The van der Waals surface area contributed by atoms with Gasteiger partial charge in [-0.15, -0.1) is 0 Å². The summed E-state index contributed by atoms with van der Waals surface area (Å²) in [6.45, 7) is 6.07. The van der Waals surface area contributed by atoms with E-state index in [-0.39, 0.29) is 18.4 Å². The van der Waals surface area contributed by atoms with Gasteiger partial charge in [0.05, 0.1) is 0 Å². The van der Waals surface area contributed by atoms with Crippen molar-refractivity contribution in [2.24, 2.45) is 5.92 Å². The second-order valence-corrected chi connectivity index (χ2v) is 7.91. The lowest BCUT2D eigenvalue weighted by Gasteiger charge is -2.33. The first-order valence-corrected chi connectivity index (χ1v) is 9.35. The molecule has 0 bridgehead atoms. The van der Waals surface area contributed by atoms with Crippen molar-refractivity contribution < 1.29 is 14.4 Å². The number of urea groups is 1. The van der Waals surface area contributed by atoms with Crippen LogP contribution in [-0.2, 0) is 9.59 Å². The number of carbonyl (C=O) groups is 3. The molecule has 4 amide bonds. The molecule has 1 saturated heterocycles. The third kappa shape index (κ3) is 3.59. The summed E-state index contributed by atoms with van der Waals surface area (Å²) in [6.07, 6.45) is 3.11. The molecule has 3 rings (SSSR count). The number of carbonyl (C=O) groups excluding carboxylic acids is 3. The summed E-state index contributed by atoms with van der Waals surface area (Å²) in [6, 6.07) is 7.15. The van der Waals surface area contributed by atoms with Crippen LogP contribution in [0.25, 0.3) is 0 Å². The van der Waals surface area contributed by atoms with Crippen molar-refractivity contribution >= 4 is 23.5 Å². The van der Waals surface area contributed by atoms with Gasteiger partial charge in [-0.1, -0.05) is 32.9 Å². The van der Waals surface area contributed by atoms with Crippen molar-refractivity contribution in [1.29, 1.82) is 0 Å². The van der Waals surface area contributed by atoms with Gasteiger partial charge in [-0.25, -0.2) is 4.79 Å². The molecule has 26 heavy (non-hydrogen) atoms. The number of amides is 4. The zero-order chi connectivity index (χ0) is 18.9. The summed E-state index contributed by atoms with van der Waals surface area (Å²) >= 11 is 0. The quantitative estimate of drug-likeness (QED) is 0.812. The standard InChI is InChI=1S/C20H27N3O3/c1-13(2)15-5-4-6-16(11-15)21-17(24)12-23-18(25)20(22-19(23)26)9-7-14(3)8-10-20/h4-6,11,13-14H,7-10,12H2,1-3H3,(H,21,24)(H,22,26). The van der Waals surface area contributed by atoms with Crippen molar-refractivity contribution in [3.05, 3.63) is 29.8 Å². The van der Waals surface area contributed by atoms with Gasteiger partial charge in [0.15, 0.2) is 0 Å². The van der Waals surface area contributed by atoms with E-state index in [2.05, 4.69) is 31.4 Å². The number of hydrogen-bond acceptors (Lipinski definition) is 3. The van der Waals surface area contributed by atoms with Crippen LogP contribution in [0.4, 0.5) is 10.5 Å². The predicted molar refractivity (Wildman–Crippen MR) is 99.8 cm³/mol. The molecule has 0 aromatic heterocycles. The van der Waals surface area contributed by atoms with Crippen LogP contribution >= 0.6 is 0 Å². The van der Waals surface area contributed by atoms with E-state index in [0.29, 0.717) is 30.4 Å². The molecule has 6 nitrogen and oxygen atoms in total. The van der Waals surface area contributed by atoms with Crippen molar-refractivity contribution in [2.45, 2.75) is 57.9 Å². The molecular weight excluding hydrogens is 330 g/mol. The minimum atomic E-state index is -0.804. The number of nitrogens with zero attached hydrogens (tertiary/aromatic N) is 1. The minimum absolute atomic E-state index is 0.256. The number of rotatable bonds is 4. The Hall–Kier alpha value is -2.37. The summed E-state index contributed by atoms with van der Waals surface area (Å²) in [5.74, 6) is 0.290. The lowest BCUT2D eigenvalue weighted by Crippen LogP contribution is -2.49. The average molecular weight is 357 g/mol. The van der Waals surface area contributed by atoms with Gasteiger partial charge in [-0.3, -0.25) is 14.5 Å². The Morgan fingerprint density at radius 2 is 2.00 bits per heavy atom. The van der Waals surface area contributed by atoms with Crippen LogP contribution in [0.2, 0.25) is 0 Å². The fourth-order valence-corrected chi connectivity index (χ4v) is 3.73. The van der Waals surface area contributed by atoms with Crippen LogP contribution in [0, 0.1) is 5.92 Å². The molecule has 2 aliphatic rings. The number of hydrogen-bond donors (Lipinski definition) is 2. The lowest BCUT2D eigenvalue weighted by atomic mass is 9.77. The van der Waals surface area contributed by atoms with Gasteiger partial charge in [0.1, 0.15) is 12.1 Å².